The van der Waals surface area contributed by atoms with Crippen LogP contribution in [0.25, 0.3) is 0 Å². The van der Waals surface area contributed by atoms with Gasteiger partial charge >= 0.3 is 0 Å². The molecule has 1 aliphatic heterocycles. The molecule has 0 aliphatic carbocycles. The summed E-state index contributed by atoms with van der Waals surface area (Å²) in [4.78, 5) is 6.80. The van der Waals surface area contributed by atoms with E-state index in [-0.39, 0.29) is 0 Å². The van der Waals surface area contributed by atoms with Gasteiger partial charge in [0.25, 0.3) is 0 Å². The van der Waals surface area contributed by atoms with Gasteiger partial charge in [-0.05, 0) is 30.4 Å². The molecule has 2 heterocycles. The van der Waals surface area contributed by atoms with Gasteiger partial charge in [0.15, 0.2) is 0 Å². The maximum atomic E-state index is 4.42. The Labute approximate surface area is 111 Å². The van der Waals surface area contributed by atoms with Gasteiger partial charge in [-0.1, -0.05) is 26.8 Å². The van der Waals surface area contributed by atoms with Crippen molar-refractivity contribution in [2.45, 2.75) is 39.7 Å². The smallest absolute Gasteiger partial charge is 0.128 e. The Hall–Kier alpha value is -1.09. The summed E-state index contributed by atoms with van der Waals surface area (Å²) in [7, 11) is 0. The molecule has 3 heteroatoms. The molecule has 1 N–H and O–H groups in total. The molecule has 0 amide bonds. The van der Waals surface area contributed by atoms with E-state index in [4.69, 9.17) is 0 Å². The highest BCUT2D eigenvalue weighted by molar-refractivity contribution is 5.38. The van der Waals surface area contributed by atoms with Gasteiger partial charge in [-0.15, -0.1) is 0 Å². The lowest BCUT2D eigenvalue weighted by atomic mass is 9.95. The van der Waals surface area contributed by atoms with Crippen LogP contribution in [0.1, 0.15) is 33.6 Å². The van der Waals surface area contributed by atoms with Crippen LogP contribution in [0.5, 0.6) is 0 Å². The monoisotopic (exact) mass is 247 g/mol. The van der Waals surface area contributed by atoms with Gasteiger partial charge in [0.05, 0.1) is 0 Å². The molecular weight excluding hydrogens is 222 g/mol. The summed E-state index contributed by atoms with van der Waals surface area (Å²) < 4.78 is 0. The SMILES string of the molecule is CC(C)(C)CNC1CCN(c2ccccn2)CC1. The molecule has 1 aromatic heterocycles. The number of pyridine rings is 1. The predicted molar refractivity (Wildman–Crippen MR) is 76.9 cm³/mol. The number of piperidine rings is 1. The van der Waals surface area contributed by atoms with Crippen LogP contribution in [0.4, 0.5) is 5.82 Å². The lowest BCUT2D eigenvalue weighted by Gasteiger charge is -2.34. The van der Waals surface area contributed by atoms with Crippen LogP contribution in [0.3, 0.4) is 0 Å². The Morgan fingerprint density at radius 1 is 1.28 bits per heavy atom. The zero-order chi connectivity index (χ0) is 13.0. The molecule has 1 aromatic rings. The Bertz CT molecular complexity index is 348. The van der Waals surface area contributed by atoms with Crippen molar-refractivity contribution in [2.24, 2.45) is 5.41 Å². The zero-order valence-corrected chi connectivity index (χ0v) is 11.8. The average molecular weight is 247 g/mol. The standard InChI is InChI=1S/C15H25N3/c1-15(2,3)12-17-13-7-10-18(11-8-13)14-6-4-5-9-16-14/h4-6,9,13,17H,7-8,10-12H2,1-3H3. The predicted octanol–water partition coefficient (Wildman–Crippen LogP) is 2.69. The van der Waals surface area contributed by atoms with Crippen molar-refractivity contribution >= 4 is 5.82 Å². The van der Waals surface area contributed by atoms with Gasteiger partial charge in [-0.25, -0.2) is 4.98 Å². The summed E-state index contributed by atoms with van der Waals surface area (Å²) in [5.74, 6) is 1.12. The number of nitrogens with one attached hydrogen (secondary N) is 1. The topological polar surface area (TPSA) is 28.2 Å². The molecule has 0 saturated carbocycles. The molecule has 0 atom stereocenters. The van der Waals surface area contributed by atoms with Gasteiger partial charge in [0, 0.05) is 31.9 Å². The second-order valence-electron chi connectivity index (χ2n) is 6.39. The largest absolute Gasteiger partial charge is 0.357 e. The van der Waals surface area contributed by atoms with Gasteiger partial charge in [-0.3, -0.25) is 0 Å². The minimum atomic E-state index is 0.373. The van der Waals surface area contributed by atoms with E-state index in [2.05, 4.69) is 48.1 Å². The highest BCUT2D eigenvalue weighted by Gasteiger charge is 2.21. The van der Waals surface area contributed by atoms with Crippen molar-refractivity contribution in [3.63, 3.8) is 0 Å². The Morgan fingerprint density at radius 3 is 2.56 bits per heavy atom. The maximum absolute atomic E-state index is 4.42. The van der Waals surface area contributed by atoms with Crippen molar-refractivity contribution in [3.05, 3.63) is 24.4 Å². The lowest BCUT2D eigenvalue weighted by Crippen LogP contribution is -2.45. The highest BCUT2D eigenvalue weighted by Crippen LogP contribution is 2.18. The molecule has 0 radical (unpaired) electrons. The molecule has 2 rings (SSSR count). The summed E-state index contributed by atoms with van der Waals surface area (Å²) in [5, 5.41) is 3.69. The van der Waals surface area contributed by atoms with E-state index in [1.54, 1.807) is 0 Å². The minimum Gasteiger partial charge on any atom is -0.357 e. The second-order valence-corrected chi connectivity index (χ2v) is 6.39. The van der Waals surface area contributed by atoms with Crippen molar-refractivity contribution in [1.82, 2.24) is 10.3 Å². The van der Waals surface area contributed by atoms with Crippen LogP contribution >= 0.6 is 0 Å². The maximum Gasteiger partial charge on any atom is 0.128 e. The quantitative estimate of drug-likeness (QED) is 0.890. The number of rotatable bonds is 3. The molecule has 3 nitrogen and oxygen atoms in total. The number of nitrogens with zero attached hydrogens (tertiary/aromatic N) is 2. The third-order valence-corrected chi connectivity index (χ3v) is 3.39. The summed E-state index contributed by atoms with van der Waals surface area (Å²) in [6.07, 6.45) is 4.30. The van der Waals surface area contributed by atoms with Gasteiger partial charge in [0.1, 0.15) is 5.82 Å². The first-order valence-corrected chi connectivity index (χ1v) is 6.94. The van der Waals surface area contributed by atoms with Crippen LogP contribution in [0.15, 0.2) is 24.4 Å². The van der Waals surface area contributed by atoms with Crippen molar-refractivity contribution < 1.29 is 0 Å². The fourth-order valence-electron chi connectivity index (χ4n) is 2.30. The zero-order valence-electron chi connectivity index (χ0n) is 11.8. The number of aromatic nitrogens is 1. The first-order valence-electron chi connectivity index (χ1n) is 6.94. The third-order valence-electron chi connectivity index (χ3n) is 3.39. The molecule has 1 fully saturated rings. The van der Waals surface area contributed by atoms with Crippen LogP contribution in [0, 0.1) is 5.41 Å². The molecule has 0 spiro atoms. The number of hydrogen-bond donors (Lipinski definition) is 1. The Morgan fingerprint density at radius 2 is 2.00 bits per heavy atom. The van der Waals surface area contributed by atoms with Crippen LogP contribution < -0.4 is 10.2 Å². The molecule has 0 aromatic carbocycles. The van der Waals surface area contributed by atoms with Crippen LogP contribution in [-0.2, 0) is 0 Å². The van der Waals surface area contributed by atoms with Crippen molar-refractivity contribution in [2.75, 3.05) is 24.5 Å². The molecule has 1 saturated heterocycles. The van der Waals surface area contributed by atoms with Gasteiger partial charge in [-0.2, -0.15) is 0 Å². The van der Waals surface area contributed by atoms with Crippen LogP contribution in [0.2, 0.25) is 0 Å². The normalized spacial score (nSPS) is 18.1. The van der Waals surface area contributed by atoms with E-state index in [0.717, 1.165) is 25.5 Å². The van der Waals surface area contributed by atoms with Crippen LogP contribution in [-0.4, -0.2) is 30.7 Å². The summed E-state index contributed by atoms with van der Waals surface area (Å²) in [6, 6.07) is 6.81. The molecule has 0 bridgehead atoms. The summed E-state index contributed by atoms with van der Waals surface area (Å²) >= 11 is 0. The van der Waals surface area contributed by atoms with Crippen molar-refractivity contribution in [1.29, 1.82) is 0 Å². The minimum absolute atomic E-state index is 0.373. The molecule has 18 heavy (non-hydrogen) atoms. The van der Waals surface area contributed by atoms with E-state index < -0.39 is 0 Å². The molecule has 100 valence electrons. The Kier molecular flexibility index (Phi) is 4.23. The molecular formula is C15H25N3. The van der Waals surface area contributed by atoms with E-state index in [0.29, 0.717) is 11.5 Å². The van der Waals surface area contributed by atoms with E-state index in [1.807, 2.05) is 12.3 Å². The first-order chi connectivity index (χ1) is 8.54. The fraction of sp³-hybridized carbons (Fsp3) is 0.667. The molecule has 1 aliphatic rings. The second kappa shape index (κ2) is 5.70. The van der Waals surface area contributed by atoms with E-state index in [9.17, 15) is 0 Å². The summed E-state index contributed by atoms with van der Waals surface area (Å²) in [5.41, 5.74) is 0.373. The third kappa shape index (κ3) is 3.98. The van der Waals surface area contributed by atoms with Crippen molar-refractivity contribution in [3.8, 4) is 0 Å². The highest BCUT2D eigenvalue weighted by atomic mass is 15.2. The molecule has 0 unspecified atom stereocenters. The van der Waals surface area contributed by atoms with E-state index in [1.165, 1.54) is 12.8 Å². The van der Waals surface area contributed by atoms with Gasteiger partial charge in [0.2, 0.25) is 0 Å². The Balaban J connectivity index is 1.78. The number of anilines is 1. The lowest BCUT2D eigenvalue weighted by molar-refractivity contribution is 0.324. The summed E-state index contributed by atoms with van der Waals surface area (Å²) in [6.45, 7) is 10.2. The van der Waals surface area contributed by atoms with E-state index >= 15 is 0 Å². The number of hydrogen-bond acceptors (Lipinski definition) is 3. The fourth-order valence-corrected chi connectivity index (χ4v) is 2.30. The average Bonchev–Trinajstić information content (AvgIpc) is 2.37. The van der Waals surface area contributed by atoms with Gasteiger partial charge < -0.3 is 10.2 Å². The first kappa shape index (κ1) is 13.3.